The second-order valence-electron chi connectivity index (χ2n) is 8.81. The first-order valence-corrected chi connectivity index (χ1v) is 13.1. The number of hydrogen-bond donors (Lipinski definition) is 2. The fourth-order valence-electron chi connectivity index (χ4n) is 4.37. The number of nitrogens with zero attached hydrogens (tertiary/aromatic N) is 2. The van der Waals surface area contributed by atoms with Gasteiger partial charge in [0.05, 0.1) is 31.0 Å². The van der Waals surface area contributed by atoms with Crippen LogP contribution in [0.5, 0.6) is 17.2 Å². The number of hydrogen-bond acceptors (Lipinski definition) is 10. The average molecular weight is 565 g/mol. The first kappa shape index (κ1) is 28.4. The lowest BCUT2D eigenvalue weighted by Gasteiger charge is -2.24. The highest BCUT2D eigenvalue weighted by Crippen LogP contribution is 2.45. The number of phenols is 1. The molecule has 2 N–H and O–H groups in total. The van der Waals surface area contributed by atoms with Gasteiger partial charge >= 0.3 is 11.9 Å². The van der Waals surface area contributed by atoms with Gasteiger partial charge in [0, 0.05) is 5.56 Å². The van der Waals surface area contributed by atoms with E-state index in [0.717, 1.165) is 16.2 Å². The Bertz CT molecular complexity index is 1540. The van der Waals surface area contributed by atoms with Crippen LogP contribution in [0.4, 0.5) is 5.13 Å². The molecule has 40 heavy (non-hydrogen) atoms. The zero-order chi connectivity index (χ0) is 29.1. The maximum Gasteiger partial charge on any atom is 0.350 e. The Kier molecular flexibility index (Phi) is 8.24. The topological polar surface area (TPSA) is 135 Å². The number of methoxy groups -OCH3 is 1. The highest BCUT2D eigenvalue weighted by molar-refractivity contribution is 7.17. The van der Waals surface area contributed by atoms with E-state index in [1.165, 1.54) is 31.4 Å². The Balaban J connectivity index is 1.94. The van der Waals surface area contributed by atoms with Crippen molar-refractivity contribution in [1.29, 1.82) is 0 Å². The normalized spacial score (nSPS) is 16.2. The molecular weight excluding hydrogens is 536 g/mol. The third-order valence-corrected chi connectivity index (χ3v) is 7.38. The van der Waals surface area contributed by atoms with E-state index in [9.17, 15) is 24.6 Å². The maximum atomic E-state index is 13.5. The molecule has 0 bridgehead atoms. The van der Waals surface area contributed by atoms with E-state index in [4.69, 9.17) is 14.2 Å². The van der Waals surface area contributed by atoms with E-state index in [2.05, 4.69) is 11.6 Å². The second-order valence-corrected chi connectivity index (χ2v) is 9.79. The number of aliphatic hydroxyl groups excluding tert-OH is 1. The number of aliphatic hydroxyl groups is 1. The zero-order valence-electron chi connectivity index (χ0n) is 22.4. The van der Waals surface area contributed by atoms with Gasteiger partial charge in [0.15, 0.2) is 16.6 Å². The molecule has 1 fully saturated rings. The van der Waals surface area contributed by atoms with Gasteiger partial charge in [-0.1, -0.05) is 30.1 Å². The van der Waals surface area contributed by atoms with Crippen molar-refractivity contribution in [2.75, 3.05) is 25.2 Å². The molecule has 2 heterocycles. The number of benzene rings is 2. The molecule has 0 aliphatic carbocycles. The number of thiazole rings is 1. The van der Waals surface area contributed by atoms with Crippen molar-refractivity contribution in [2.45, 2.75) is 26.8 Å². The quantitative estimate of drug-likeness (QED) is 0.123. The minimum absolute atomic E-state index is 0.00898. The number of carbonyl (C=O) groups excluding carboxylic acids is 3. The first-order valence-electron chi connectivity index (χ1n) is 12.3. The Morgan fingerprint density at radius 2 is 1.95 bits per heavy atom. The highest BCUT2D eigenvalue weighted by Gasteiger charge is 2.48. The summed E-state index contributed by atoms with van der Waals surface area (Å²) in [6.45, 7) is 8.84. The van der Waals surface area contributed by atoms with E-state index < -0.39 is 29.5 Å². The van der Waals surface area contributed by atoms with E-state index in [1.54, 1.807) is 39.0 Å². The summed E-state index contributed by atoms with van der Waals surface area (Å²) in [6, 6.07) is 8.17. The molecule has 1 amide bonds. The summed E-state index contributed by atoms with van der Waals surface area (Å²) in [7, 11) is 1.51. The van der Waals surface area contributed by atoms with E-state index in [-0.39, 0.29) is 40.3 Å². The standard InChI is InChI=1S/C29H28N2O8S/c1-6-12-39-28(36)26-16(4)30-29(40-26)31-23(17-8-11-20(32)21(14-17)38-7-2)22(25(34)27(31)35)24(33)19-10-9-18(37-5)13-15(19)3/h6,8-11,13-14,23,32-33H,1,7,12H2,2-5H3. The van der Waals surface area contributed by atoms with Crippen molar-refractivity contribution in [2.24, 2.45) is 0 Å². The van der Waals surface area contributed by atoms with Gasteiger partial charge in [0.1, 0.15) is 23.0 Å². The van der Waals surface area contributed by atoms with Gasteiger partial charge in [-0.3, -0.25) is 14.5 Å². The number of aromatic hydroxyl groups is 1. The summed E-state index contributed by atoms with van der Waals surface area (Å²) < 4.78 is 15.9. The molecule has 0 radical (unpaired) electrons. The number of Topliss-reactive ketones (excluding diaryl/α,β-unsaturated/α-hetero) is 1. The fourth-order valence-corrected chi connectivity index (χ4v) is 5.35. The molecule has 3 aromatic rings. The number of rotatable bonds is 9. The molecule has 2 aromatic carbocycles. The van der Waals surface area contributed by atoms with E-state index >= 15 is 0 Å². The Hall–Kier alpha value is -4.64. The fraction of sp³-hybridized carbons (Fsp3) is 0.241. The third-order valence-electron chi connectivity index (χ3n) is 6.24. The number of esters is 1. The van der Waals surface area contributed by atoms with Crippen LogP contribution >= 0.6 is 11.3 Å². The average Bonchev–Trinajstić information content (AvgIpc) is 3.44. The van der Waals surface area contributed by atoms with E-state index in [1.807, 2.05) is 0 Å². The molecule has 1 aliphatic rings. The Morgan fingerprint density at radius 1 is 1.20 bits per heavy atom. The van der Waals surface area contributed by atoms with Crippen LogP contribution in [0.2, 0.25) is 0 Å². The maximum absolute atomic E-state index is 13.5. The molecule has 10 nitrogen and oxygen atoms in total. The van der Waals surface area contributed by atoms with Gasteiger partial charge < -0.3 is 24.4 Å². The van der Waals surface area contributed by atoms with Gasteiger partial charge in [-0.05, 0) is 62.2 Å². The molecule has 0 saturated carbocycles. The van der Waals surface area contributed by atoms with Crippen LogP contribution in [0.3, 0.4) is 0 Å². The van der Waals surface area contributed by atoms with Crippen LogP contribution in [-0.4, -0.2) is 53.2 Å². The number of amides is 1. The summed E-state index contributed by atoms with van der Waals surface area (Å²) in [6.07, 6.45) is 1.43. The van der Waals surface area contributed by atoms with Gasteiger partial charge in [0.25, 0.3) is 5.78 Å². The van der Waals surface area contributed by atoms with Crippen LogP contribution < -0.4 is 14.4 Å². The van der Waals surface area contributed by atoms with E-state index in [0.29, 0.717) is 28.1 Å². The molecule has 1 unspecified atom stereocenters. The van der Waals surface area contributed by atoms with Crippen molar-refractivity contribution < 1.29 is 38.8 Å². The number of ether oxygens (including phenoxy) is 3. The highest BCUT2D eigenvalue weighted by atomic mass is 32.1. The van der Waals surface area contributed by atoms with Crippen molar-refractivity contribution in [3.05, 3.63) is 81.9 Å². The van der Waals surface area contributed by atoms with Gasteiger partial charge in [0.2, 0.25) is 0 Å². The summed E-state index contributed by atoms with van der Waals surface area (Å²) in [5.41, 5.74) is 1.43. The molecule has 4 rings (SSSR count). The van der Waals surface area contributed by atoms with Crippen LogP contribution in [0.25, 0.3) is 5.76 Å². The number of phenolic OH excluding ortho intramolecular Hbond substituents is 1. The van der Waals surface area contributed by atoms with Crippen molar-refractivity contribution in [1.82, 2.24) is 4.98 Å². The van der Waals surface area contributed by atoms with Crippen LogP contribution in [0, 0.1) is 13.8 Å². The molecule has 208 valence electrons. The van der Waals surface area contributed by atoms with Gasteiger partial charge in [-0.25, -0.2) is 9.78 Å². The summed E-state index contributed by atoms with van der Waals surface area (Å²) in [5, 5.41) is 21.8. The predicted octanol–water partition coefficient (Wildman–Crippen LogP) is 4.84. The Morgan fingerprint density at radius 3 is 2.60 bits per heavy atom. The summed E-state index contributed by atoms with van der Waals surface area (Å²) >= 11 is 0.886. The predicted molar refractivity (Wildman–Crippen MR) is 149 cm³/mol. The van der Waals surface area contributed by atoms with Crippen LogP contribution in [0.1, 0.15) is 45.0 Å². The minimum atomic E-state index is -1.15. The smallest absolute Gasteiger partial charge is 0.350 e. The van der Waals surface area contributed by atoms with Gasteiger partial charge in [-0.15, -0.1) is 0 Å². The SMILES string of the molecule is C=CCOC(=O)c1sc(N2C(=O)C(=O)C(=C(O)c3ccc(OC)cc3C)C2c2ccc(O)c(OCC)c2)nc1C. The molecule has 0 spiro atoms. The zero-order valence-corrected chi connectivity index (χ0v) is 23.2. The number of aryl methyl sites for hydroxylation is 2. The number of anilines is 1. The van der Waals surface area contributed by atoms with Crippen molar-refractivity contribution in [3.8, 4) is 17.2 Å². The minimum Gasteiger partial charge on any atom is -0.507 e. The molecule has 11 heteroatoms. The van der Waals surface area contributed by atoms with Crippen LogP contribution in [-0.2, 0) is 14.3 Å². The third kappa shape index (κ3) is 5.15. The molecule has 1 saturated heterocycles. The number of aromatic nitrogens is 1. The molecule has 1 atom stereocenters. The number of ketones is 1. The lowest BCUT2D eigenvalue weighted by atomic mass is 9.93. The molecular formula is C29H28N2O8S. The van der Waals surface area contributed by atoms with Crippen LogP contribution in [0.15, 0.2) is 54.6 Å². The lowest BCUT2D eigenvalue weighted by molar-refractivity contribution is -0.132. The lowest BCUT2D eigenvalue weighted by Crippen LogP contribution is -2.29. The molecule has 1 aromatic heterocycles. The second kappa shape index (κ2) is 11.6. The molecule has 1 aliphatic heterocycles. The summed E-state index contributed by atoms with van der Waals surface area (Å²) in [5.74, 6) is -2.36. The first-order chi connectivity index (χ1) is 19.1. The largest absolute Gasteiger partial charge is 0.507 e. The van der Waals surface area contributed by atoms with Crippen molar-refractivity contribution in [3.63, 3.8) is 0 Å². The van der Waals surface area contributed by atoms with Crippen molar-refractivity contribution >= 4 is 39.9 Å². The Labute approximate surface area is 234 Å². The number of carbonyl (C=O) groups is 3. The summed E-state index contributed by atoms with van der Waals surface area (Å²) in [4.78, 5) is 45.3. The monoisotopic (exact) mass is 564 g/mol. The van der Waals surface area contributed by atoms with Gasteiger partial charge in [-0.2, -0.15) is 0 Å².